The van der Waals surface area contributed by atoms with Crippen molar-refractivity contribution in [2.24, 2.45) is 0 Å². The summed E-state index contributed by atoms with van der Waals surface area (Å²) in [5.41, 5.74) is -1.52. The normalized spacial score (nSPS) is 11.8. The molecule has 0 aliphatic rings. The summed E-state index contributed by atoms with van der Waals surface area (Å²) in [5.74, 6) is 0. The first-order valence-electron chi connectivity index (χ1n) is 9.14. The molecule has 2 rings (SSSR count). The van der Waals surface area contributed by atoms with Gasteiger partial charge in [-0.2, -0.15) is 4.90 Å². The highest BCUT2D eigenvalue weighted by Crippen LogP contribution is 2.37. The van der Waals surface area contributed by atoms with Crippen LogP contribution in [0.1, 0.15) is 47.1 Å². The zero-order valence-corrected chi connectivity index (χ0v) is 17.7. The van der Waals surface area contributed by atoms with Crippen molar-refractivity contribution in [1.82, 2.24) is 0 Å². The first-order valence-corrected chi connectivity index (χ1v) is 9.14. The summed E-state index contributed by atoms with van der Waals surface area (Å²) in [6.07, 6.45) is -1.95. The van der Waals surface area contributed by atoms with E-state index < -0.39 is 28.3 Å². The molecule has 0 aromatic heterocycles. The summed E-state index contributed by atoms with van der Waals surface area (Å²) in [7, 11) is 0. The minimum absolute atomic E-state index is 0.0291. The second kappa shape index (κ2) is 7.69. The zero-order chi connectivity index (χ0) is 22.1. The molecule has 29 heavy (non-hydrogen) atoms. The minimum Gasteiger partial charge on any atom is -0.443 e. The van der Waals surface area contributed by atoms with Crippen molar-refractivity contribution in [1.29, 1.82) is 0 Å². The summed E-state index contributed by atoms with van der Waals surface area (Å²) in [5, 5.41) is 12.6. The number of anilines is 1. The van der Waals surface area contributed by atoms with Gasteiger partial charge >= 0.3 is 12.2 Å². The van der Waals surface area contributed by atoms with E-state index in [0.717, 1.165) is 0 Å². The lowest BCUT2D eigenvalue weighted by molar-refractivity contribution is -0.385. The van der Waals surface area contributed by atoms with E-state index >= 15 is 0 Å². The molecule has 0 spiro atoms. The van der Waals surface area contributed by atoms with Gasteiger partial charge in [0.1, 0.15) is 11.2 Å². The largest absolute Gasteiger partial charge is 0.443 e. The van der Waals surface area contributed by atoms with Crippen LogP contribution < -0.4 is 4.90 Å². The van der Waals surface area contributed by atoms with E-state index in [-0.39, 0.29) is 11.4 Å². The quantitative estimate of drug-likeness (QED) is 0.470. The number of carbonyl (C=O) groups excluding carboxylic acids is 2. The molecular weight excluding hydrogens is 376 g/mol. The van der Waals surface area contributed by atoms with Gasteiger partial charge < -0.3 is 9.47 Å². The van der Waals surface area contributed by atoms with Gasteiger partial charge in [0.15, 0.2) is 0 Å². The third-order valence-corrected chi connectivity index (χ3v) is 3.85. The number of ether oxygens (including phenoxy) is 2. The number of imide groups is 1. The van der Waals surface area contributed by atoms with Crippen LogP contribution in [0.4, 0.5) is 21.0 Å². The molecule has 0 bridgehead atoms. The highest BCUT2D eigenvalue weighted by atomic mass is 16.6. The first kappa shape index (κ1) is 22.1. The fraction of sp³-hybridized carbons (Fsp3) is 0.429. The van der Waals surface area contributed by atoms with Gasteiger partial charge in [-0.05, 0) is 53.9 Å². The van der Waals surface area contributed by atoms with Gasteiger partial charge in [-0.3, -0.25) is 10.1 Å². The van der Waals surface area contributed by atoms with Gasteiger partial charge in [0.05, 0.1) is 10.6 Å². The number of rotatable bonds is 2. The van der Waals surface area contributed by atoms with E-state index in [9.17, 15) is 19.7 Å². The molecule has 0 radical (unpaired) electrons. The number of nitro groups is 1. The van der Waals surface area contributed by atoms with Gasteiger partial charge in [0, 0.05) is 17.0 Å². The number of hydrogen-bond acceptors (Lipinski definition) is 6. The molecule has 8 heteroatoms. The minimum atomic E-state index is -0.977. The smallest absolute Gasteiger partial charge is 0.424 e. The maximum absolute atomic E-state index is 12.9. The Hall–Kier alpha value is -3.16. The SMILES string of the molecule is Cc1c([N+](=O)[O-])cc(N(C(=O)OC(C)(C)C)C(=O)OC(C)(C)C)c2ccccc12. The molecule has 156 valence electrons. The van der Waals surface area contributed by atoms with Crippen molar-refractivity contribution in [3.05, 3.63) is 46.0 Å². The van der Waals surface area contributed by atoms with Crippen LogP contribution >= 0.6 is 0 Å². The number of aryl methyl sites for hydroxylation is 1. The summed E-state index contributed by atoms with van der Waals surface area (Å²) >= 11 is 0. The second-order valence-corrected chi connectivity index (χ2v) is 8.64. The van der Waals surface area contributed by atoms with Crippen LogP contribution in [-0.4, -0.2) is 28.3 Å². The van der Waals surface area contributed by atoms with Crippen molar-refractivity contribution in [3.8, 4) is 0 Å². The fourth-order valence-corrected chi connectivity index (χ4v) is 2.75. The maximum Gasteiger partial charge on any atom is 0.424 e. The Morgan fingerprint density at radius 1 is 0.931 bits per heavy atom. The fourth-order valence-electron chi connectivity index (χ4n) is 2.75. The molecule has 2 aromatic rings. The van der Waals surface area contributed by atoms with Gasteiger partial charge in [0.25, 0.3) is 5.69 Å². The number of nitrogens with zero attached hydrogens (tertiary/aromatic N) is 2. The molecule has 0 heterocycles. The molecule has 2 amide bonds. The molecule has 2 aromatic carbocycles. The monoisotopic (exact) mass is 402 g/mol. The molecular formula is C21H26N2O6. The molecule has 0 fully saturated rings. The van der Waals surface area contributed by atoms with Gasteiger partial charge in [-0.25, -0.2) is 9.59 Å². The van der Waals surface area contributed by atoms with Gasteiger partial charge in [-0.15, -0.1) is 0 Å². The van der Waals surface area contributed by atoms with Gasteiger partial charge in [0.2, 0.25) is 0 Å². The van der Waals surface area contributed by atoms with Crippen molar-refractivity contribution >= 4 is 34.3 Å². The Bertz CT molecular complexity index is 942. The lowest BCUT2D eigenvalue weighted by Crippen LogP contribution is -2.44. The van der Waals surface area contributed by atoms with Crippen molar-refractivity contribution in [3.63, 3.8) is 0 Å². The lowest BCUT2D eigenvalue weighted by atomic mass is 10.0. The van der Waals surface area contributed by atoms with Crippen LogP contribution in [0.3, 0.4) is 0 Å². The molecule has 0 N–H and O–H groups in total. The number of amides is 2. The van der Waals surface area contributed by atoms with Crippen LogP contribution in [0.5, 0.6) is 0 Å². The molecule has 8 nitrogen and oxygen atoms in total. The number of benzene rings is 2. The second-order valence-electron chi connectivity index (χ2n) is 8.64. The van der Waals surface area contributed by atoms with Crippen LogP contribution in [0.2, 0.25) is 0 Å². The summed E-state index contributed by atoms with van der Waals surface area (Å²) in [4.78, 5) is 37.6. The van der Waals surface area contributed by atoms with Crippen LogP contribution in [0, 0.1) is 17.0 Å². The van der Waals surface area contributed by atoms with Gasteiger partial charge in [-0.1, -0.05) is 24.3 Å². The van der Waals surface area contributed by atoms with E-state index in [1.807, 2.05) is 0 Å². The Morgan fingerprint density at radius 2 is 1.38 bits per heavy atom. The van der Waals surface area contributed by atoms with E-state index in [2.05, 4.69) is 0 Å². The number of nitro benzene ring substituents is 1. The molecule has 0 unspecified atom stereocenters. The predicted octanol–water partition coefficient (Wildman–Crippen LogP) is 5.73. The zero-order valence-electron chi connectivity index (χ0n) is 17.7. The standard InChI is InChI=1S/C21H26N2O6/c1-13-14-10-8-9-11-15(14)17(12-16(13)23(26)27)22(18(24)28-20(2,3)4)19(25)29-21(5,6)7/h8-12H,1-7H3. The maximum atomic E-state index is 12.9. The average Bonchev–Trinajstić information content (AvgIpc) is 2.53. The Labute approximate surface area is 169 Å². The van der Waals surface area contributed by atoms with Crippen LogP contribution in [0.25, 0.3) is 10.8 Å². The van der Waals surface area contributed by atoms with Crippen LogP contribution in [0.15, 0.2) is 30.3 Å². The molecule has 0 aliphatic heterocycles. The summed E-state index contributed by atoms with van der Waals surface area (Å²) in [6, 6.07) is 8.03. The number of fused-ring (bicyclic) bond motifs is 1. The van der Waals surface area contributed by atoms with Crippen LogP contribution in [-0.2, 0) is 9.47 Å². The average molecular weight is 402 g/mol. The Kier molecular flexibility index (Phi) is 5.87. The molecule has 0 atom stereocenters. The summed E-state index contributed by atoms with van der Waals surface area (Å²) < 4.78 is 10.8. The van der Waals surface area contributed by atoms with Crippen molar-refractivity contribution in [2.75, 3.05) is 4.90 Å². The first-order chi connectivity index (χ1) is 13.2. The topological polar surface area (TPSA) is 99.0 Å². The third-order valence-electron chi connectivity index (χ3n) is 3.85. The van der Waals surface area contributed by atoms with E-state index in [0.29, 0.717) is 21.2 Å². The third kappa shape index (κ3) is 5.22. The predicted molar refractivity (Wildman–Crippen MR) is 110 cm³/mol. The Balaban J connectivity index is 2.77. The highest BCUT2D eigenvalue weighted by Gasteiger charge is 2.35. The van der Waals surface area contributed by atoms with Crippen molar-refractivity contribution < 1.29 is 24.0 Å². The summed E-state index contributed by atoms with van der Waals surface area (Å²) in [6.45, 7) is 11.6. The highest BCUT2D eigenvalue weighted by molar-refractivity contribution is 6.16. The molecule has 0 saturated carbocycles. The van der Waals surface area contributed by atoms with E-state index in [1.165, 1.54) is 6.07 Å². The lowest BCUT2D eigenvalue weighted by Gasteiger charge is -2.29. The van der Waals surface area contributed by atoms with E-state index in [4.69, 9.17) is 9.47 Å². The van der Waals surface area contributed by atoms with Crippen molar-refractivity contribution in [2.45, 2.75) is 59.7 Å². The Morgan fingerprint density at radius 3 is 1.79 bits per heavy atom. The molecule has 0 saturated heterocycles. The number of carbonyl (C=O) groups is 2. The molecule has 0 aliphatic carbocycles. The van der Waals surface area contributed by atoms with E-state index in [1.54, 1.807) is 72.7 Å². The number of hydrogen-bond donors (Lipinski definition) is 0.